The molecule has 2 aromatic heterocycles. The summed E-state index contributed by atoms with van der Waals surface area (Å²) in [6, 6.07) is 9.69. The van der Waals surface area contributed by atoms with Crippen molar-refractivity contribution in [3.05, 3.63) is 63.6 Å². The maximum atomic E-state index is 13.1. The largest absolute Gasteiger partial charge is 0.497 e. The van der Waals surface area contributed by atoms with Crippen molar-refractivity contribution in [1.82, 2.24) is 14.9 Å². The first-order valence-electron chi connectivity index (χ1n) is 12.9. The molecule has 1 amide bonds. The average molecular weight is 508 g/mol. The number of amides is 1. The van der Waals surface area contributed by atoms with Gasteiger partial charge in [0.2, 0.25) is 0 Å². The van der Waals surface area contributed by atoms with Crippen LogP contribution in [-0.4, -0.2) is 28.6 Å². The van der Waals surface area contributed by atoms with Gasteiger partial charge < -0.3 is 19.4 Å². The first-order valence-corrected chi connectivity index (χ1v) is 13.8. The Balaban J connectivity index is 1.55. The van der Waals surface area contributed by atoms with Crippen LogP contribution in [0.1, 0.15) is 73.4 Å². The van der Waals surface area contributed by atoms with Crippen LogP contribution < -0.4 is 14.8 Å². The van der Waals surface area contributed by atoms with Gasteiger partial charge in [-0.05, 0) is 82.7 Å². The number of ether oxygens (including phenoxy) is 2. The summed E-state index contributed by atoms with van der Waals surface area (Å²) >= 11 is 1.58. The number of carbonyl (C=O) groups is 1. The Morgan fingerprint density at radius 2 is 2.00 bits per heavy atom. The molecular weight excluding hydrogens is 470 g/mol. The molecule has 0 bridgehead atoms. The number of hydrogen-bond acceptors (Lipinski definition) is 5. The minimum absolute atomic E-state index is 0.0166. The van der Waals surface area contributed by atoms with Gasteiger partial charge in [-0.1, -0.05) is 18.6 Å². The predicted molar refractivity (Wildman–Crippen MR) is 146 cm³/mol. The number of thiazole rings is 1. The fourth-order valence-corrected chi connectivity index (χ4v) is 5.18. The van der Waals surface area contributed by atoms with Gasteiger partial charge in [-0.25, -0.2) is 4.98 Å². The van der Waals surface area contributed by atoms with Crippen LogP contribution in [0.2, 0.25) is 0 Å². The Morgan fingerprint density at radius 1 is 1.22 bits per heavy atom. The first-order chi connectivity index (χ1) is 17.5. The molecule has 7 heteroatoms. The lowest BCUT2D eigenvalue weighted by Crippen LogP contribution is -2.32. The van der Waals surface area contributed by atoms with Crippen LogP contribution in [0.4, 0.5) is 0 Å². The van der Waals surface area contributed by atoms with Gasteiger partial charge in [-0.3, -0.25) is 4.79 Å². The van der Waals surface area contributed by atoms with Gasteiger partial charge in [0, 0.05) is 23.7 Å². The monoisotopic (exact) mass is 507 g/mol. The first kappa shape index (κ1) is 26.0. The molecule has 0 spiro atoms. The standard InChI is InChI=1S/C29H37N3O3S/c1-5-20(2)30-29(33)25-17-27(32(21(25)3)16-15-22-9-7-6-8-10-22)26-19-36-28(31-26)18-35-24-13-11-23(34-4)12-14-24/h9,11-14,17,19-20H,5-8,10,15-16,18H2,1-4H3,(H,30,33). The maximum Gasteiger partial charge on any atom is 0.253 e. The molecule has 0 fully saturated rings. The van der Waals surface area contributed by atoms with Gasteiger partial charge in [0.15, 0.2) is 0 Å². The fourth-order valence-electron chi connectivity index (χ4n) is 4.48. The molecule has 1 aliphatic rings. The van der Waals surface area contributed by atoms with Gasteiger partial charge in [0.1, 0.15) is 23.1 Å². The van der Waals surface area contributed by atoms with Crippen molar-refractivity contribution in [3.63, 3.8) is 0 Å². The van der Waals surface area contributed by atoms with Crippen molar-refractivity contribution in [2.75, 3.05) is 7.11 Å². The fraction of sp³-hybridized carbons (Fsp3) is 0.448. The molecule has 192 valence electrons. The molecule has 0 radical (unpaired) electrons. The zero-order chi connectivity index (χ0) is 25.5. The Kier molecular flexibility index (Phi) is 8.86. The van der Waals surface area contributed by atoms with E-state index in [1.807, 2.05) is 44.2 Å². The van der Waals surface area contributed by atoms with Crippen molar-refractivity contribution in [2.24, 2.45) is 0 Å². The molecule has 3 aromatic rings. The summed E-state index contributed by atoms with van der Waals surface area (Å²) in [5.74, 6) is 1.56. The van der Waals surface area contributed by atoms with Crippen molar-refractivity contribution in [1.29, 1.82) is 0 Å². The second-order valence-corrected chi connectivity index (χ2v) is 10.4. The number of methoxy groups -OCH3 is 1. The molecule has 0 saturated carbocycles. The Bertz CT molecular complexity index is 1190. The van der Waals surface area contributed by atoms with Crippen LogP contribution in [0.5, 0.6) is 11.5 Å². The van der Waals surface area contributed by atoms with Gasteiger partial charge in [0.25, 0.3) is 5.91 Å². The van der Waals surface area contributed by atoms with E-state index in [-0.39, 0.29) is 11.9 Å². The third-order valence-electron chi connectivity index (χ3n) is 6.88. The lowest BCUT2D eigenvalue weighted by atomic mass is 9.97. The molecule has 6 nitrogen and oxygen atoms in total. The van der Waals surface area contributed by atoms with E-state index in [4.69, 9.17) is 14.5 Å². The molecular formula is C29H37N3O3S. The van der Waals surface area contributed by atoms with Gasteiger partial charge in [0.05, 0.1) is 24.1 Å². The summed E-state index contributed by atoms with van der Waals surface area (Å²) in [5.41, 5.74) is 5.12. The van der Waals surface area contributed by atoms with Crippen LogP contribution >= 0.6 is 11.3 Å². The van der Waals surface area contributed by atoms with E-state index in [0.29, 0.717) is 6.61 Å². The highest BCUT2D eigenvalue weighted by molar-refractivity contribution is 7.09. The van der Waals surface area contributed by atoms with E-state index in [0.717, 1.165) is 58.5 Å². The molecule has 1 aromatic carbocycles. The summed E-state index contributed by atoms with van der Waals surface area (Å²) in [5, 5.41) is 6.08. The Hall–Kier alpha value is -3.06. The SMILES string of the molecule is CCC(C)NC(=O)c1cc(-c2csc(COc3ccc(OC)cc3)n2)n(CCC2=CCCCC2)c1C. The second-order valence-electron chi connectivity index (χ2n) is 9.41. The molecule has 2 heterocycles. The van der Waals surface area contributed by atoms with Gasteiger partial charge >= 0.3 is 0 Å². The molecule has 4 rings (SSSR count). The number of nitrogens with zero attached hydrogens (tertiary/aromatic N) is 2. The number of aromatic nitrogens is 2. The highest BCUT2D eigenvalue weighted by Crippen LogP contribution is 2.30. The van der Waals surface area contributed by atoms with Crippen LogP contribution in [-0.2, 0) is 13.2 Å². The summed E-state index contributed by atoms with van der Waals surface area (Å²) in [4.78, 5) is 17.9. The van der Waals surface area contributed by atoms with Gasteiger partial charge in [-0.15, -0.1) is 11.3 Å². The predicted octanol–water partition coefficient (Wildman–Crippen LogP) is 6.93. The highest BCUT2D eigenvalue weighted by Gasteiger charge is 2.21. The van der Waals surface area contributed by atoms with Crippen molar-refractivity contribution < 1.29 is 14.3 Å². The van der Waals surface area contributed by atoms with Crippen molar-refractivity contribution in [3.8, 4) is 22.9 Å². The lowest BCUT2D eigenvalue weighted by Gasteiger charge is -2.16. The van der Waals surface area contributed by atoms with E-state index < -0.39 is 0 Å². The van der Waals surface area contributed by atoms with Crippen molar-refractivity contribution >= 4 is 17.2 Å². The summed E-state index contributed by atoms with van der Waals surface area (Å²) in [6.45, 7) is 7.40. The third kappa shape index (κ3) is 6.38. The molecule has 0 aliphatic heterocycles. The number of rotatable bonds is 11. The molecule has 36 heavy (non-hydrogen) atoms. The van der Waals surface area contributed by atoms with Crippen LogP contribution in [0, 0.1) is 6.92 Å². The van der Waals surface area contributed by atoms with Crippen molar-refractivity contribution in [2.45, 2.75) is 78.5 Å². The van der Waals surface area contributed by atoms with Crippen LogP contribution in [0.3, 0.4) is 0 Å². The van der Waals surface area contributed by atoms with E-state index in [1.54, 1.807) is 18.4 Å². The van der Waals surface area contributed by atoms with E-state index in [1.165, 1.54) is 31.3 Å². The maximum absolute atomic E-state index is 13.1. The average Bonchev–Trinajstić information content (AvgIpc) is 3.51. The summed E-state index contributed by atoms with van der Waals surface area (Å²) < 4.78 is 13.4. The lowest BCUT2D eigenvalue weighted by molar-refractivity contribution is 0.0938. The number of nitrogens with one attached hydrogen (secondary N) is 1. The van der Waals surface area contributed by atoms with E-state index in [2.05, 4.69) is 28.3 Å². The quantitative estimate of drug-likeness (QED) is 0.286. The molecule has 1 unspecified atom stereocenters. The Morgan fingerprint density at radius 3 is 2.69 bits per heavy atom. The molecule has 1 N–H and O–H groups in total. The smallest absolute Gasteiger partial charge is 0.253 e. The summed E-state index contributed by atoms with van der Waals surface area (Å²) in [7, 11) is 1.65. The zero-order valence-corrected chi connectivity index (χ0v) is 22.6. The van der Waals surface area contributed by atoms with Crippen LogP contribution in [0.25, 0.3) is 11.4 Å². The van der Waals surface area contributed by atoms with Crippen LogP contribution in [0.15, 0.2) is 47.4 Å². The third-order valence-corrected chi connectivity index (χ3v) is 7.70. The molecule has 1 aliphatic carbocycles. The summed E-state index contributed by atoms with van der Waals surface area (Å²) in [6.07, 6.45) is 9.23. The zero-order valence-electron chi connectivity index (χ0n) is 21.8. The molecule has 0 saturated heterocycles. The number of benzene rings is 1. The second kappa shape index (κ2) is 12.3. The van der Waals surface area contributed by atoms with E-state index >= 15 is 0 Å². The van der Waals surface area contributed by atoms with Gasteiger partial charge in [-0.2, -0.15) is 0 Å². The van der Waals surface area contributed by atoms with E-state index in [9.17, 15) is 4.79 Å². The minimum Gasteiger partial charge on any atom is -0.497 e. The number of allylic oxidation sites excluding steroid dienone is 2. The number of hydrogen-bond donors (Lipinski definition) is 1. The topological polar surface area (TPSA) is 65.4 Å². The number of carbonyl (C=O) groups excluding carboxylic acids is 1. The Labute approximate surface area is 218 Å². The molecule has 1 atom stereocenters. The minimum atomic E-state index is -0.0166. The highest BCUT2D eigenvalue weighted by atomic mass is 32.1. The normalized spacial score (nSPS) is 14.3.